The molecule has 0 aliphatic carbocycles. The highest BCUT2D eigenvalue weighted by Crippen LogP contribution is 2.32. The van der Waals surface area contributed by atoms with Crippen molar-refractivity contribution in [3.63, 3.8) is 0 Å². The van der Waals surface area contributed by atoms with E-state index in [1.54, 1.807) is 6.20 Å². The Hall–Kier alpha value is -1.45. The van der Waals surface area contributed by atoms with Crippen molar-refractivity contribution in [3.8, 4) is 0 Å². The normalized spacial score (nSPS) is 21.4. The first-order chi connectivity index (χ1) is 9.68. The molecule has 20 heavy (non-hydrogen) atoms. The standard InChI is InChI=1S/C12H19N6O2/c1-15(2)12(16-6-8-20-9-7-16)17-10-4-3-5-13-11(10)18(19)14-17/h3-5,12,14H,6-9H2,1-2H3/q-1. The van der Waals surface area contributed by atoms with Crippen molar-refractivity contribution in [1.82, 2.24) is 20.3 Å². The molecule has 2 aliphatic heterocycles. The average molecular weight is 279 g/mol. The molecule has 1 aromatic heterocycles. The summed E-state index contributed by atoms with van der Waals surface area (Å²) in [6.07, 6.45) is 1.55. The van der Waals surface area contributed by atoms with Gasteiger partial charge in [-0.2, -0.15) is 5.53 Å². The van der Waals surface area contributed by atoms with Crippen LogP contribution in [-0.2, 0) is 4.74 Å². The number of nitrogens with one attached hydrogen (secondary N) is 1. The van der Waals surface area contributed by atoms with E-state index in [1.807, 2.05) is 31.2 Å². The monoisotopic (exact) mass is 279 g/mol. The van der Waals surface area contributed by atoms with E-state index in [9.17, 15) is 5.21 Å². The first-order valence-corrected chi connectivity index (χ1v) is 6.64. The van der Waals surface area contributed by atoms with Gasteiger partial charge in [0.25, 0.3) is 0 Å². The molecule has 0 aromatic carbocycles. The van der Waals surface area contributed by atoms with Crippen LogP contribution < -0.4 is 15.7 Å². The quantitative estimate of drug-likeness (QED) is 0.816. The lowest BCUT2D eigenvalue weighted by Crippen LogP contribution is -2.63. The third-order valence-electron chi connectivity index (χ3n) is 3.48. The molecule has 1 saturated heterocycles. The molecule has 1 N–H and O–H groups in total. The molecular weight excluding hydrogens is 260 g/mol. The summed E-state index contributed by atoms with van der Waals surface area (Å²) in [4.78, 5) is 8.46. The number of pyridine rings is 1. The Morgan fingerprint density at radius 2 is 2.15 bits per heavy atom. The maximum Gasteiger partial charge on any atom is 0.159 e. The number of hydrogen-bond acceptors (Lipinski definition) is 8. The highest BCUT2D eigenvalue weighted by Gasteiger charge is 2.34. The van der Waals surface area contributed by atoms with E-state index >= 15 is 0 Å². The molecule has 3 rings (SSSR count). The van der Waals surface area contributed by atoms with Gasteiger partial charge in [0.2, 0.25) is 0 Å². The second-order valence-corrected chi connectivity index (χ2v) is 5.07. The fourth-order valence-corrected chi connectivity index (χ4v) is 2.64. The van der Waals surface area contributed by atoms with Crippen molar-refractivity contribution in [2.24, 2.45) is 0 Å². The molecular formula is C12H19N6O2-. The third kappa shape index (κ3) is 2.32. The fraction of sp³-hybridized carbons (Fsp3) is 0.583. The number of ether oxygens (including phenoxy) is 1. The van der Waals surface area contributed by atoms with E-state index in [1.165, 1.54) is 0 Å². The fourth-order valence-electron chi connectivity index (χ4n) is 2.64. The van der Waals surface area contributed by atoms with Gasteiger partial charge in [-0.1, -0.05) is 0 Å². The van der Waals surface area contributed by atoms with E-state index in [-0.39, 0.29) is 6.29 Å². The zero-order valence-electron chi connectivity index (χ0n) is 11.7. The second kappa shape index (κ2) is 5.51. The van der Waals surface area contributed by atoms with Crippen molar-refractivity contribution in [2.75, 3.05) is 50.6 Å². The Labute approximate surface area is 118 Å². The van der Waals surface area contributed by atoms with Crippen molar-refractivity contribution < 1.29 is 4.74 Å². The summed E-state index contributed by atoms with van der Waals surface area (Å²) in [6.45, 7) is 3.07. The summed E-state index contributed by atoms with van der Waals surface area (Å²) in [7, 11) is 3.98. The van der Waals surface area contributed by atoms with Crippen molar-refractivity contribution in [3.05, 3.63) is 23.5 Å². The van der Waals surface area contributed by atoms with Crippen LogP contribution >= 0.6 is 0 Å². The minimum Gasteiger partial charge on any atom is -0.741 e. The Kier molecular flexibility index (Phi) is 3.72. The number of anilines is 2. The molecule has 8 heteroatoms. The lowest BCUT2D eigenvalue weighted by molar-refractivity contribution is -0.0230. The maximum absolute atomic E-state index is 11.9. The molecule has 1 aromatic rings. The second-order valence-electron chi connectivity index (χ2n) is 5.07. The largest absolute Gasteiger partial charge is 0.741 e. The lowest BCUT2D eigenvalue weighted by atomic mass is 10.3. The summed E-state index contributed by atoms with van der Waals surface area (Å²) in [5.74, 6) is 0.396. The van der Waals surface area contributed by atoms with Crippen LogP contribution in [0.25, 0.3) is 0 Å². The van der Waals surface area contributed by atoms with Crippen molar-refractivity contribution in [2.45, 2.75) is 6.29 Å². The molecule has 0 spiro atoms. The van der Waals surface area contributed by atoms with Crippen LogP contribution in [0, 0.1) is 5.21 Å². The number of morpholine rings is 1. The zero-order chi connectivity index (χ0) is 14.1. The van der Waals surface area contributed by atoms with Gasteiger partial charge < -0.3 is 15.1 Å². The number of hydrogen-bond donors (Lipinski definition) is 1. The third-order valence-corrected chi connectivity index (χ3v) is 3.48. The Morgan fingerprint density at radius 1 is 1.40 bits per heavy atom. The van der Waals surface area contributed by atoms with Crippen LogP contribution in [0.15, 0.2) is 18.3 Å². The summed E-state index contributed by atoms with van der Waals surface area (Å²) >= 11 is 0. The van der Waals surface area contributed by atoms with E-state index in [2.05, 4.69) is 20.3 Å². The van der Waals surface area contributed by atoms with Crippen LogP contribution in [-0.4, -0.2) is 61.5 Å². The molecule has 1 unspecified atom stereocenters. The number of rotatable bonds is 3. The van der Waals surface area contributed by atoms with Gasteiger partial charge in [0, 0.05) is 19.3 Å². The molecule has 0 radical (unpaired) electrons. The van der Waals surface area contributed by atoms with Gasteiger partial charge in [-0.25, -0.2) is 4.98 Å². The average Bonchev–Trinajstić information content (AvgIpc) is 2.78. The van der Waals surface area contributed by atoms with Gasteiger partial charge >= 0.3 is 0 Å². The molecule has 1 fully saturated rings. The smallest absolute Gasteiger partial charge is 0.159 e. The highest BCUT2D eigenvalue weighted by molar-refractivity contribution is 5.70. The van der Waals surface area contributed by atoms with Crippen LogP contribution in [0.1, 0.15) is 0 Å². The van der Waals surface area contributed by atoms with E-state index in [0.29, 0.717) is 24.2 Å². The molecule has 0 bridgehead atoms. The molecule has 8 nitrogen and oxygen atoms in total. The van der Waals surface area contributed by atoms with Crippen molar-refractivity contribution in [1.29, 1.82) is 0 Å². The lowest BCUT2D eigenvalue weighted by Gasteiger charge is -2.43. The number of aromatic nitrogens is 1. The Balaban J connectivity index is 1.89. The highest BCUT2D eigenvalue weighted by atomic mass is 16.6. The predicted molar refractivity (Wildman–Crippen MR) is 75.6 cm³/mol. The Morgan fingerprint density at radius 3 is 2.85 bits per heavy atom. The Bertz CT molecular complexity index is 465. The zero-order valence-corrected chi connectivity index (χ0v) is 11.7. The predicted octanol–water partition coefficient (Wildman–Crippen LogP) is -0.197. The first kappa shape index (κ1) is 13.5. The summed E-state index contributed by atoms with van der Waals surface area (Å²) in [5, 5.41) is 14.5. The summed E-state index contributed by atoms with van der Waals surface area (Å²) < 4.78 is 5.40. The SMILES string of the molecule is CN(C)C(N1CCOCC1)N1NN([O-])c2ncccc21. The number of fused-ring (bicyclic) bond motifs is 1. The van der Waals surface area contributed by atoms with Crippen LogP contribution in [0.4, 0.5) is 11.5 Å². The molecule has 0 amide bonds. The summed E-state index contributed by atoms with van der Waals surface area (Å²) in [5.41, 5.74) is 3.61. The topological polar surface area (TPSA) is 70.2 Å². The van der Waals surface area contributed by atoms with E-state index < -0.39 is 0 Å². The number of hydrazine groups is 2. The van der Waals surface area contributed by atoms with Gasteiger partial charge in [-0.3, -0.25) is 14.8 Å². The maximum atomic E-state index is 11.9. The van der Waals surface area contributed by atoms with E-state index in [4.69, 9.17) is 4.74 Å². The van der Waals surface area contributed by atoms with Gasteiger partial charge in [0.1, 0.15) is 5.69 Å². The minimum absolute atomic E-state index is 0.0687. The van der Waals surface area contributed by atoms with Gasteiger partial charge in [-0.05, 0) is 26.2 Å². The van der Waals surface area contributed by atoms with Crippen molar-refractivity contribution >= 4 is 11.5 Å². The molecule has 0 saturated carbocycles. The van der Waals surface area contributed by atoms with Crippen LogP contribution in [0.5, 0.6) is 0 Å². The van der Waals surface area contributed by atoms with Crippen LogP contribution in [0.2, 0.25) is 0 Å². The first-order valence-electron chi connectivity index (χ1n) is 6.64. The number of nitrogens with zero attached hydrogens (tertiary/aromatic N) is 5. The van der Waals surface area contributed by atoms with Gasteiger partial charge in [0.05, 0.1) is 13.2 Å². The van der Waals surface area contributed by atoms with Gasteiger partial charge in [0.15, 0.2) is 12.1 Å². The molecule has 110 valence electrons. The molecule has 2 aliphatic rings. The molecule has 1 atom stereocenters. The minimum atomic E-state index is -0.0687. The van der Waals surface area contributed by atoms with Gasteiger partial charge in [-0.15, -0.1) is 0 Å². The van der Waals surface area contributed by atoms with E-state index in [0.717, 1.165) is 18.8 Å². The van der Waals surface area contributed by atoms with Crippen LogP contribution in [0.3, 0.4) is 0 Å². The molecule has 3 heterocycles. The summed E-state index contributed by atoms with van der Waals surface area (Å²) in [6, 6.07) is 3.73.